The molecule has 1 aliphatic carbocycles. The quantitative estimate of drug-likeness (QED) is 0.796. The topological polar surface area (TPSA) is 61.4 Å². The van der Waals surface area contributed by atoms with Gasteiger partial charge in [0.15, 0.2) is 0 Å². The molecular weight excluding hydrogens is 326 g/mol. The maximum absolute atomic E-state index is 12.6. The summed E-state index contributed by atoms with van der Waals surface area (Å²) in [5.41, 5.74) is 2.41. The first-order valence-corrected chi connectivity index (χ1v) is 9.98. The molecule has 1 aromatic rings. The number of amides is 2. The Morgan fingerprint density at radius 3 is 2.54 bits per heavy atom. The van der Waals surface area contributed by atoms with Crippen molar-refractivity contribution in [3.8, 4) is 0 Å². The van der Waals surface area contributed by atoms with Crippen molar-refractivity contribution in [2.45, 2.75) is 70.5 Å². The number of nitrogens with zero attached hydrogens (tertiary/aromatic N) is 1. The van der Waals surface area contributed by atoms with Gasteiger partial charge in [-0.1, -0.05) is 55.5 Å². The molecule has 2 fully saturated rings. The molecule has 1 saturated carbocycles. The van der Waals surface area contributed by atoms with Crippen LogP contribution in [-0.4, -0.2) is 41.9 Å². The molecule has 0 bridgehead atoms. The van der Waals surface area contributed by atoms with Gasteiger partial charge in [0.25, 0.3) is 0 Å². The highest BCUT2D eigenvalue weighted by molar-refractivity contribution is 5.88. The van der Waals surface area contributed by atoms with Gasteiger partial charge in [0.2, 0.25) is 11.8 Å². The number of hydrogen-bond donors (Lipinski definition) is 2. The minimum absolute atomic E-state index is 0.00727. The molecule has 1 aliphatic heterocycles. The van der Waals surface area contributed by atoms with Gasteiger partial charge < -0.3 is 10.6 Å². The minimum atomic E-state index is -0.379. The number of aryl methyl sites for hydroxylation is 1. The van der Waals surface area contributed by atoms with Crippen molar-refractivity contribution < 1.29 is 9.59 Å². The van der Waals surface area contributed by atoms with E-state index in [2.05, 4.69) is 46.7 Å². The average Bonchev–Trinajstić information content (AvgIpc) is 2.88. The number of nitrogens with one attached hydrogen (secondary N) is 2. The van der Waals surface area contributed by atoms with Crippen LogP contribution < -0.4 is 10.6 Å². The second-order valence-electron chi connectivity index (χ2n) is 7.72. The van der Waals surface area contributed by atoms with Crippen LogP contribution in [0.2, 0.25) is 0 Å². The third kappa shape index (κ3) is 5.31. The van der Waals surface area contributed by atoms with E-state index in [1.165, 1.54) is 36.8 Å². The van der Waals surface area contributed by atoms with Crippen molar-refractivity contribution in [3.63, 3.8) is 0 Å². The standard InChI is InChI=1S/C21H31N3O2/c1-16-8-10-17(11-9-16)15-24-13-12-22-21(26)19(24)14-20(25)23-18-6-4-2-3-5-7-18/h8-11,18-19H,2-7,12-15H2,1H3,(H,22,26)(H,23,25)/t19-/m1/s1. The van der Waals surface area contributed by atoms with E-state index in [4.69, 9.17) is 0 Å². The molecule has 1 saturated heterocycles. The highest BCUT2D eigenvalue weighted by Crippen LogP contribution is 2.18. The lowest BCUT2D eigenvalue weighted by atomic mass is 10.0. The Bertz CT molecular complexity index is 606. The molecule has 2 N–H and O–H groups in total. The Morgan fingerprint density at radius 2 is 1.85 bits per heavy atom. The SMILES string of the molecule is Cc1ccc(CN2CCNC(=O)[C@H]2CC(=O)NC2CCCCCC2)cc1. The van der Waals surface area contributed by atoms with E-state index in [-0.39, 0.29) is 30.3 Å². The fraction of sp³-hybridized carbons (Fsp3) is 0.619. The molecule has 26 heavy (non-hydrogen) atoms. The Morgan fingerprint density at radius 1 is 1.15 bits per heavy atom. The number of rotatable bonds is 5. The lowest BCUT2D eigenvalue weighted by Crippen LogP contribution is -2.56. The van der Waals surface area contributed by atoms with Crippen molar-refractivity contribution in [1.29, 1.82) is 0 Å². The van der Waals surface area contributed by atoms with Crippen LogP contribution in [0.5, 0.6) is 0 Å². The lowest BCUT2D eigenvalue weighted by Gasteiger charge is -2.35. The summed E-state index contributed by atoms with van der Waals surface area (Å²) < 4.78 is 0. The van der Waals surface area contributed by atoms with Gasteiger partial charge in [-0.2, -0.15) is 0 Å². The van der Waals surface area contributed by atoms with E-state index < -0.39 is 0 Å². The summed E-state index contributed by atoms with van der Waals surface area (Å²) >= 11 is 0. The van der Waals surface area contributed by atoms with Gasteiger partial charge in [0.05, 0.1) is 12.5 Å². The third-order valence-corrected chi connectivity index (χ3v) is 5.55. The van der Waals surface area contributed by atoms with E-state index in [0.717, 1.165) is 19.4 Å². The minimum Gasteiger partial charge on any atom is -0.353 e. The van der Waals surface area contributed by atoms with Crippen molar-refractivity contribution in [1.82, 2.24) is 15.5 Å². The molecule has 5 nitrogen and oxygen atoms in total. The van der Waals surface area contributed by atoms with Crippen molar-refractivity contribution in [3.05, 3.63) is 35.4 Å². The first-order chi connectivity index (χ1) is 12.6. The molecule has 0 spiro atoms. The molecule has 1 atom stereocenters. The molecule has 1 heterocycles. The molecule has 3 rings (SSSR count). The summed E-state index contributed by atoms with van der Waals surface area (Å²) in [6.07, 6.45) is 7.28. The van der Waals surface area contributed by atoms with Gasteiger partial charge in [-0.15, -0.1) is 0 Å². The number of carbonyl (C=O) groups excluding carboxylic acids is 2. The molecule has 1 aromatic carbocycles. The summed E-state index contributed by atoms with van der Waals surface area (Å²) in [5.74, 6) is -0.0211. The first-order valence-electron chi connectivity index (χ1n) is 9.98. The van der Waals surface area contributed by atoms with Crippen molar-refractivity contribution >= 4 is 11.8 Å². The van der Waals surface area contributed by atoms with Gasteiger partial charge in [0.1, 0.15) is 0 Å². The Labute approximate surface area is 156 Å². The number of piperazine rings is 1. The molecule has 0 aromatic heterocycles. The zero-order chi connectivity index (χ0) is 18.4. The van der Waals surface area contributed by atoms with Gasteiger partial charge in [-0.05, 0) is 25.3 Å². The van der Waals surface area contributed by atoms with Crippen LogP contribution in [0, 0.1) is 6.92 Å². The van der Waals surface area contributed by atoms with E-state index in [1.807, 2.05) is 0 Å². The normalized spacial score (nSPS) is 22.5. The smallest absolute Gasteiger partial charge is 0.237 e. The largest absolute Gasteiger partial charge is 0.353 e. The van der Waals surface area contributed by atoms with Crippen LogP contribution in [0.15, 0.2) is 24.3 Å². The van der Waals surface area contributed by atoms with Crippen LogP contribution in [0.4, 0.5) is 0 Å². The molecule has 2 aliphatic rings. The molecule has 2 amide bonds. The van der Waals surface area contributed by atoms with Crippen LogP contribution in [0.3, 0.4) is 0 Å². The maximum Gasteiger partial charge on any atom is 0.237 e. The molecule has 142 valence electrons. The monoisotopic (exact) mass is 357 g/mol. The fourth-order valence-electron chi connectivity index (χ4n) is 3.99. The summed E-state index contributed by atoms with van der Waals surface area (Å²) in [7, 11) is 0. The molecule has 0 unspecified atom stereocenters. The lowest BCUT2D eigenvalue weighted by molar-refractivity contribution is -0.134. The van der Waals surface area contributed by atoms with Crippen LogP contribution in [-0.2, 0) is 16.1 Å². The predicted molar refractivity (Wildman–Crippen MR) is 103 cm³/mol. The number of hydrogen-bond acceptors (Lipinski definition) is 3. The average molecular weight is 357 g/mol. The number of benzene rings is 1. The van der Waals surface area contributed by atoms with Gasteiger partial charge in [-0.3, -0.25) is 14.5 Å². The number of carbonyl (C=O) groups is 2. The summed E-state index contributed by atoms with van der Waals surface area (Å²) in [6.45, 7) is 4.19. The Kier molecular flexibility index (Phi) is 6.67. The fourth-order valence-corrected chi connectivity index (χ4v) is 3.99. The Hall–Kier alpha value is -1.88. The van der Waals surface area contributed by atoms with Gasteiger partial charge in [0, 0.05) is 25.7 Å². The van der Waals surface area contributed by atoms with Crippen molar-refractivity contribution in [2.24, 2.45) is 0 Å². The van der Waals surface area contributed by atoms with E-state index in [1.54, 1.807) is 0 Å². The third-order valence-electron chi connectivity index (χ3n) is 5.55. The highest BCUT2D eigenvalue weighted by Gasteiger charge is 2.32. The molecule has 5 heteroatoms. The van der Waals surface area contributed by atoms with E-state index >= 15 is 0 Å². The summed E-state index contributed by atoms with van der Waals surface area (Å²) in [6, 6.07) is 8.29. The van der Waals surface area contributed by atoms with Gasteiger partial charge in [-0.25, -0.2) is 0 Å². The van der Waals surface area contributed by atoms with Crippen LogP contribution >= 0.6 is 0 Å². The van der Waals surface area contributed by atoms with Crippen LogP contribution in [0.1, 0.15) is 56.1 Å². The zero-order valence-electron chi connectivity index (χ0n) is 15.8. The van der Waals surface area contributed by atoms with Crippen molar-refractivity contribution in [2.75, 3.05) is 13.1 Å². The van der Waals surface area contributed by atoms with Crippen LogP contribution in [0.25, 0.3) is 0 Å². The second-order valence-corrected chi connectivity index (χ2v) is 7.72. The van der Waals surface area contributed by atoms with E-state index in [0.29, 0.717) is 13.1 Å². The first kappa shape index (κ1) is 18.9. The highest BCUT2D eigenvalue weighted by atomic mass is 16.2. The second kappa shape index (κ2) is 9.17. The summed E-state index contributed by atoms with van der Waals surface area (Å²) in [4.78, 5) is 27.1. The summed E-state index contributed by atoms with van der Waals surface area (Å²) in [5, 5.41) is 6.09. The zero-order valence-corrected chi connectivity index (χ0v) is 15.8. The predicted octanol–water partition coefficient (Wildman–Crippen LogP) is 2.52. The van der Waals surface area contributed by atoms with Gasteiger partial charge >= 0.3 is 0 Å². The molecular formula is C21H31N3O2. The maximum atomic E-state index is 12.6. The molecule has 0 radical (unpaired) electrons. The Balaban J connectivity index is 1.59. The van der Waals surface area contributed by atoms with E-state index in [9.17, 15) is 9.59 Å².